The van der Waals surface area contributed by atoms with E-state index in [4.69, 9.17) is 15.6 Å². The van der Waals surface area contributed by atoms with Crippen LogP contribution in [-0.4, -0.2) is 44.0 Å². The molecule has 4 N–H and O–H groups in total. The Morgan fingerprint density at radius 2 is 2.33 bits per heavy atom. The van der Waals surface area contributed by atoms with Crippen LogP contribution in [0.1, 0.15) is 12.6 Å². The highest BCUT2D eigenvalue weighted by molar-refractivity contribution is 5.86. The van der Waals surface area contributed by atoms with Gasteiger partial charge in [-0.1, -0.05) is 11.3 Å². The first-order chi connectivity index (χ1) is 8.70. The SMILES string of the molecule is Nc1cccc2c1nnn2[C@H]1C[C@H](O)[C@@H](CO)O1. The molecule has 7 heteroatoms. The monoisotopic (exact) mass is 250 g/mol. The van der Waals surface area contributed by atoms with Crippen molar-refractivity contribution in [1.82, 2.24) is 15.0 Å². The molecule has 0 amide bonds. The molecule has 0 radical (unpaired) electrons. The maximum Gasteiger partial charge on any atom is 0.155 e. The highest BCUT2D eigenvalue weighted by atomic mass is 16.5. The Bertz CT molecular complexity index is 570. The molecule has 2 aromatic rings. The van der Waals surface area contributed by atoms with Gasteiger partial charge in [-0.3, -0.25) is 0 Å². The van der Waals surface area contributed by atoms with Gasteiger partial charge in [-0.2, -0.15) is 0 Å². The average Bonchev–Trinajstić information content (AvgIpc) is 2.93. The molecule has 96 valence electrons. The first-order valence-electron chi connectivity index (χ1n) is 5.74. The molecule has 0 saturated carbocycles. The smallest absolute Gasteiger partial charge is 0.155 e. The number of aromatic nitrogens is 3. The summed E-state index contributed by atoms with van der Waals surface area (Å²) in [6, 6.07) is 5.41. The molecule has 1 aromatic carbocycles. The fourth-order valence-electron chi connectivity index (χ4n) is 2.22. The van der Waals surface area contributed by atoms with Crippen LogP contribution in [0.4, 0.5) is 5.69 Å². The second kappa shape index (κ2) is 4.20. The van der Waals surface area contributed by atoms with E-state index in [0.717, 1.165) is 5.52 Å². The molecular weight excluding hydrogens is 236 g/mol. The van der Waals surface area contributed by atoms with E-state index in [0.29, 0.717) is 17.6 Å². The second-order valence-electron chi connectivity index (χ2n) is 4.36. The summed E-state index contributed by atoms with van der Waals surface area (Å²) in [6.07, 6.45) is -1.32. The van der Waals surface area contributed by atoms with E-state index >= 15 is 0 Å². The largest absolute Gasteiger partial charge is 0.397 e. The summed E-state index contributed by atoms with van der Waals surface area (Å²) < 4.78 is 7.12. The molecule has 1 fully saturated rings. The molecule has 0 spiro atoms. The predicted molar refractivity (Wildman–Crippen MR) is 63.6 cm³/mol. The Morgan fingerprint density at radius 3 is 3.06 bits per heavy atom. The minimum Gasteiger partial charge on any atom is -0.397 e. The van der Waals surface area contributed by atoms with Gasteiger partial charge < -0.3 is 20.7 Å². The number of rotatable bonds is 2. The fraction of sp³-hybridized carbons (Fsp3) is 0.455. The number of hydrogen-bond acceptors (Lipinski definition) is 6. The van der Waals surface area contributed by atoms with Crippen LogP contribution in [0.2, 0.25) is 0 Å². The van der Waals surface area contributed by atoms with Crippen LogP contribution in [0.3, 0.4) is 0 Å². The van der Waals surface area contributed by atoms with Crippen LogP contribution < -0.4 is 5.73 Å². The second-order valence-corrected chi connectivity index (χ2v) is 4.36. The van der Waals surface area contributed by atoms with E-state index in [-0.39, 0.29) is 6.61 Å². The van der Waals surface area contributed by atoms with Gasteiger partial charge in [-0.15, -0.1) is 5.10 Å². The summed E-state index contributed by atoms with van der Waals surface area (Å²) in [5.74, 6) is 0. The predicted octanol–water partition coefficient (Wildman–Crippen LogP) is -0.346. The van der Waals surface area contributed by atoms with Gasteiger partial charge in [0.2, 0.25) is 0 Å². The summed E-state index contributed by atoms with van der Waals surface area (Å²) in [6.45, 7) is -0.216. The number of anilines is 1. The van der Waals surface area contributed by atoms with Gasteiger partial charge in [0, 0.05) is 6.42 Å². The normalized spacial score (nSPS) is 28.0. The van der Waals surface area contributed by atoms with Crippen molar-refractivity contribution < 1.29 is 14.9 Å². The van der Waals surface area contributed by atoms with Gasteiger partial charge in [0.1, 0.15) is 11.6 Å². The first kappa shape index (κ1) is 11.4. The lowest BCUT2D eigenvalue weighted by molar-refractivity contribution is -0.0474. The third-order valence-electron chi connectivity index (χ3n) is 3.19. The van der Waals surface area contributed by atoms with Crippen molar-refractivity contribution in [2.75, 3.05) is 12.3 Å². The molecule has 3 atom stereocenters. The lowest BCUT2D eigenvalue weighted by atomic mass is 10.2. The van der Waals surface area contributed by atoms with E-state index in [1.54, 1.807) is 10.7 Å². The summed E-state index contributed by atoms with van der Waals surface area (Å²) in [5, 5.41) is 26.8. The summed E-state index contributed by atoms with van der Waals surface area (Å²) in [7, 11) is 0. The number of benzene rings is 1. The van der Waals surface area contributed by atoms with Gasteiger partial charge in [-0.25, -0.2) is 4.68 Å². The van der Waals surface area contributed by atoms with Crippen molar-refractivity contribution >= 4 is 16.7 Å². The van der Waals surface area contributed by atoms with Crippen molar-refractivity contribution in [2.45, 2.75) is 24.9 Å². The Morgan fingerprint density at radius 1 is 1.50 bits per heavy atom. The molecule has 0 bridgehead atoms. The van der Waals surface area contributed by atoms with Crippen LogP contribution >= 0.6 is 0 Å². The van der Waals surface area contributed by atoms with Crippen LogP contribution in [0.5, 0.6) is 0 Å². The van der Waals surface area contributed by atoms with Crippen molar-refractivity contribution in [2.24, 2.45) is 0 Å². The minimum absolute atomic E-state index is 0.216. The average molecular weight is 250 g/mol. The maximum absolute atomic E-state index is 9.71. The first-order valence-corrected chi connectivity index (χ1v) is 5.74. The van der Waals surface area contributed by atoms with Gasteiger partial charge in [0.25, 0.3) is 0 Å². The Hall–Kier alpha value is -1.70. The molecular formula is C11H14N4O3. The maximum atomic E-state index is 9.71. The molecule has 2 heterocycles. The van der Waals surface area contributed by atoms with Crippen molar-refractivity contribution in [3.05, 3.63) is 18.2 Å². The zero-order valence-corrected chi connectivity index (χ0v) is 9.60. The Labute approximate surface area is 103 Å². The number of fused-ring (bicyclic) bond motifs is 1. The molecule has 7 nitrogen and oxygen atoms in total. The third-order valence-corrected chi connectivity index (χ3v) is 3.19. The zero-order chi connectivity index (χ0) is 12.7. The minimum atomic E-state index is -0.694. The highest BCUT2D eigenvalue weighted by Gasteiger charge is 2.35. The van der Waals surface area contributed by atoms with Crippen LogP contribution in [0, 0.1) is 0 Å². The summed E-state index contributed by atoms with van der Waals surface area (Å²) >= 11 is 0. The zero-order valence-electron chi connectivity index (χ0n) is 9.60. The van der Waals surface area contributed by atoms with E-state index in [1.165, 1.54) is 0 Å². The lowest BCUT2D eigenvalue weighted by Gasteiger charge is -2.12. The number of nitrogen functional groups attached to an aromatic ring is 1. The van der Waals surface area contributed by atoms with E-state index < -0.39 is 18.4 Å². The number of hydrogen-bond donors (Lipinski definition) is 3. The quantitative estimate of drug-likeness (QED) is 0.629. The number of aliphatic hydroxyl groups excluding tert-OH is 2. The molecule has 1 aliphatic heterocycles. The van der Waals surface area contributed by atoms with Crippen molar-refractivity contribution in [1.29, 1.82) is 0 Å². The topological polar surface area (TPSA) is 106 Å². The number of nitrogens with zero attached hydrogens (tertiary/aromatic N) is 3. The van der Waals surface area contributed by atoms with Crippen molar-refractivity contribution in [3.8, 4) is 0 Å². The number of aliphatic hydroxyl groups is 2. The molecule has 1 aliphatic rings. The van der Waals surface area contributed by atoms with E-state index in [9.17, 15) is 5.11 Å². The Balaban J connectivity index is 1.99. The van der Waals surface area contributed by atoms with Gasteiger partial charge in [0.05, 0.1) is 23.9 Å². The standard InChI is InChI=1S/C11H14N4O3/c12-6-2-1-3-7-11(6)13-14-15(7)10-4-8(17)9(5-16)18-10/h1-3,8-10,16-17H,4-5,12H2/t8-,9+,10+/m0/s1. The molecule has 0 aliphatic carbocycles. The number of nitrogens with two attached hydrogens (primary N) is 1. The van der Waals surface area contributed by atoms with Crippen molar-refractivity contribution in [3.63, 3.8) is 0 Å². The lowest BCUT2D eigenvalue weighted by Crippen LogP contribution is -2.24. The summed E-state index contributed by atoms with van der Waals surface area (Å²) in [5.41, 5.74) is 7.72. The number of ether oxygens (including phenoxy) is 1. The van der Waals surface area contributed by atoms with Crippen LogP contribution in [0.25, 0.3) is 11.0 Å². The molecule has 18 heavy (non-hydrogen) atoms. The molecule has 0 unspecified atom stereocenters. The van der Waals surface area contributed by atoms with Crippen LogP contribution in [0.15, 0.2) is 18.2 Å². The third kappa shape index (κ3) is 1.64. The van der Waals surface area contributed by atoms with Crippen LogP contribution in [-0.2, 0) is 4.74 Å². The molecule has 1 aromatic heterocycles. The summed E-state index contributed by atoms with van der Waals surface area (Å²) in [4.78, 5) is 0. The fourth-order valence-corrected chi connectivity index (χ4v) is 2.22. The van der Waals surface area contributed by atoms with E-state index in [1.807, 2.05) is 12.1 Å². The molecule has 1 saturated heterocycles. The van der Waals surface area contributed by atoms with Gasteiger partial charge in [0.15, 0.2) is 6.23 Å². The highest BCUT2D eigenvalue weighted by Crippen LogP contribution is 2.31. The molecule has 3 rings (SSSR count). The van der Waals surface area contributed by atoms with E-state index in [2.05, 4.69) is 10.3 Å². The van der Waals surface area contributed by atoms with Gasteiger partial charge in [-0.05, 0) is 12.1 Å². The Kier molecular flexibility index (Phi) is 2.66. The van der Waals surface area contributed by atoms with Gasteiger partial charge >= 0.3 is 0 Å².